The molecule has 138 valence electrons. The van der Waals surface area contributed by atoms with E-state index in [0.717, 1.165) is 10.0 Å². The minimum Gasteiger partial charge on any atom is -0.481 e. The minimum absolute atomic E-state index is 0.252. The van der Waals surface area contributed by atoms with Gasteiger partial charge < -0.3 is 14.8 Å². The molecule has 0 fully saturated rings. The lowest BCUT2D eigenvalue weighted by molar-refractivity contribution is -0.122. The molecule has 5 heteroatoms. The van der Waals surface area contributed by atoms with E-state index in [4.69, 9.17) is 9.47 Å². The number of hydrogen-bond acceptors (Lipinski definition) is 3. The van der Waals surface area contributed by atoms with Gasteiger partial charge in [0.15, 0.2) is 11.9 Å². The Kier molecular flexibility index (Phi) is 6.14. The van der Waals surface area contributed by atoms with Gasteiger partial charge in [0.25, 0.3) is 5.91 Å². The van der Waals surface area contributed by atoms with E-state index in [9.17, 15) is 4.79 Å². The number of nitrogens with one attached hydrogen (secondary N) is 1. The smallest absolute Gasteiger partial charge is 0.265 e. The van der Waals surface area contributed by atoms with E-state index >= 15 is 0 Å². The van der Waals surface area contributed by atoms with E-state index in [1.54, 1.807) is 13.0 Å². The van der Waals surface area contributed by atoms with Crippen LogP contribution in [0.25, 0.3) is 0 Å². The van der Waals surface area contributed by atoms with Crippen LogP contribution in [0.5, 0.6) is 17.2 Å². The molecule has 1 N–H and O–H groups in total. The Balaban J connectivity index is 1.68. The predicted octanol–water partition coefficient (Wildman–Crippen LogP) is 5.96. The van der Waals surface area contributed by atoms with Gasteiger partial charge in [-0.1, -0.05) is 45.8 Å². The molecular formula is C22H20BrNO3. The van der Waals surface area contributed by atoms with Gasteiger partial charge in [0.1, 0.15) is 11.5 Å². The highest BCUT2D eigenvalue weighted by Gasteiger charge is 2.17. The Bertz CT molecular complexity index is 908. The highest BCUT2D eigenvalue weighted by molar-refractivity contribution is 9.10. The molecule has 0 saturated heterocycles. The van der Waals surface area contributed by atoms with Crippen molar-refractivity contribution >= 4 is 27.5 Å². The molecule has 0 radical (unpaired) electrons. The summed E-state index contributed by atoms with van der Waals surface area (Å²) in [5, 5.41) is 2.88. The third-order valence-corrected chi connectivity index (χ3v) is 4.42. The zero-order chi connectivity index (χ0) is 19.2. The summed E-state index contributed by atoms with van der Waals surface area (Å²) in [6, 6.07) is 22.4. The SMILES string of the molecule is Cc1ccc(Oc2ccccc2NC(=O)C(C)Oc2ccc(Br)cc2)cc1. The fourth-order valence-corrected chi connectivity index (χ4v) is 2.66. The quantitative estimate of drug-likeness (QED) is 0.530. The molecule has 0 aliphatic heterocycles. The fourth-order valence-electron chi connectivity index (χ4n) is 2.40. The number of halogens is 1. The second kappa shape index (κ2) is 8.73. The Morgan fingerprint density at radius 3 is 2.26 bits per heavy atom. The zero-order valence-corrected chi connectivity index (χ0v) is 16.7. The monoisotopic (exact) mass is 425 g/mol. The first-order valence-electron chi connectivity index (χ1n) is 8.58. The van der Waals surface area contributed by atoms with Gasteiger partial charge in [-0.15, -0.1) is 0 Å². The highest BCUT2D eigenvalue weighted by Crippen LogP contribution is 2.29. The van der Waals surface area contributed by atoms with Crippen LogP contribution in [0.2, 0.25) is 0 Å². The summed E-state index contributed by atoms with van der Waals surface area (Å²) >= 11 is 3.38. The van der Waals surface area contributed by atoms with E-state index in [-0.39, 0.29) is 5.91 Å². The second-order valence-corrected chi connectivity index (χ2v) is 7.03. The molecule has 3 aromatic rings. The number of anilines is 1. The van der Waals surface area contributed by atoms with Crippen molar-refractivity contribution in [3.8, 4) is 17.2 Å². The van der Waals surface area contributed by atoms with Crippen molar-refractivity contribution in [1.82, 2.24) is 0 Å². The van der Waals surface area contributed by atoms with Gasteiger partial charge in [0.05, 0.1) is 5.69 Å². The van der Waals surface area contributed by atoms with Gasteiger partial charge in [-0.25, -0.2) is 0 Å². The van der Waals surface area contributed by atoms with Crippen LogP contribution >= 0.6 is 15.9 Å². The molecule has 3 rings (SSSR count). The van der Waals surface area contributed by atoms with E-state index in [1.807, 2.05) is 73.7 Å². The van der Waals surface area contributed by atoms with E-state index in [1.165, 1.54) is 0 Å². The molecule has 27 heavy (non-hydrogen) atoms. The molecule has 0 saturated carbocycles. The van der Waals surface area contributed by atoms with E-state index < -0.39 is 6.10 Å². The maximum atomic E-state index is 12.5. The molecule has 1 unspecified atom stereocenters. The molecule has 3 aromatic carbocycles. The summed E-state index contributed by atoms with van der Waals surface area (Å²) in [6.45, 7) is 3.73. The van der Waals surface area contributed by atoms with Gasteiger partial charge in [-0.3, -0.25) is 4.79 Å². The highest BCUT2D eigenvalue weighted by atomic mass is 79.9. The average molecular weight is 426 g/mol. The Morgan fingerprint density at radius 1 is 0.926 bits per heavy atom. The number of amides is 1. The fraction of sp³-hybridized carbons (Fsp3) is 0.136. The van der Waals surface area contributed by atoms with Gasteiger partial charge >= 0.3 is 0 Å². The number of carbonyl (C=O) groups is 1. The minimum atomic E-state index is -0.654. The standard InChI is InChI=1S/C22H20BrNO3/c1-15-7-11-19(12-8-15)27-21-6-4-3-5-20(21)24-22(25)16(2)26-18-13-9-17(23)10-14-18/h3-14,16H,1-2H3,(H,24,25). The summed E-state index contributed by atoms with van der Waals surface area (Å²) in [7, 11) is 0. The van der Waals surface area contributed by atoms with E-state index in [0.29, 0.717) is 22.9 Å². The van der Waals surface area contributed by atoms with Gasteiger partial charge in [-0.05, 0) is 62.4 Å². The number of ether oxygens (including phenoxy) is 2. The molecule has 1 atom stereocenters. The van der Waals surface area contributed by atoms with Crippen LogP contribution in [0.3, 0.4) is 0 Å². The molecule has 1 amide bonds. The lowest BCUT2D eigenvalue weighted by Gasteiger charge is -2.17. The number of carbonyl (C=O) groups excluding carboxylic acids is 1. The molecule has 4 nitrogen and oxygen atoms in total. The van der Waals surface area contributed by atoms with Crippen LogP contribution in [-0.4, -0.2) is 12.0 Å². The van der Waals surface area contributed by atoms with Crippen molar-refractivity contribution < 1.29 is 14.3 Å². The van der Waals surface area contributed by atoms with Crippen molar-refractivity contribution in [2.24, 2.45) is 0 Å². The van der Waals surface area contributed by atoms with Crippen molar-refractivity contribution in [1.29, 1.82) is 0 Å². The second-order valence-electron chi connectivity index (χ2n) is 6.11. The summed E-state index contributed by atoms with van der Waals surface area (Å²) in [5.41, 5.74) is 1.75. The molecule has 0 aliphatic carbocycles. The van der Waals surface area contributed by atoms with Crippen LogP contribution in [0.15, 0.2) is 77.3 Å². The molecule has 0 spiro atoms. The van der Waals surface area contributed by atoms with Crippen LogP contribution in [-0.2, 0) is 4.79 Å². The van der Waals surface area contributed by atoms with Gasteiger partial charge in [0, 0.05) is 4.47 Å². The predicted molar refractivity (Wildman–Crippen MR) is 111 cm³/mol. The van der Waals surface area contributed by atoms with Crippen molar-refractivity contribution in [2.75, 3.05) is 5.32 Å². The first-order valence-corrected chi connectivity index (χ1v) is 9.37. The van der Waals surface area contributed by atoms with Crippen LogP contribution in [0.4, 0.5) is 5.69 Å². The number of rotatable bonds is 6. The summed E-state index contributed by atoms with van der Waals surface area (Å²) < 4.78 is 12.6. The van der Waals surface area contributed by atoms with Crippen molar-refractivity contribution in [3.63, 3.8) is 0 Å². The largest absolute Gasteiger partial charge is 0.481 e. The first-order chi connectivity index (χ1) is 13.0. The van der Waals surface area contributed by atoms with Crippen molar-refractivity contribution in [3.05, 3.63) is 82.8 Å². The van der Waals surface area contributed by atoms with Crippen molar-refractivity contribution in [2.45, 2.75) is 20.0 Å². The summed E-state index contributed by atoms with van der Waals surface area (Å²) in [6.07, 6.45) is -0.654. The third kappa shape index (κ3) is 5.34. The third-order valence-electron chi connectivity index (χ3n) is 3.89. The molecule has 0 aliphatic rings. The molecule has 0 heterocycles. The van der Waals surface area contributed by atoms with Gasteiger partial charge in [0.2, 0.25) is 0 Å². The number of benzene rings is 3. The van der Waals surface area contributed by atoms with Gasteiger partial charge in [-0.2, -0.15) is 0 Å². The maximum Gasteiger partial charge on any atom is 0.265 e. The van der Waals surface area contributed by atoms with Crippen LogP contribution in [0.1, 0.15) is 12.5 Å². The normalized spacial score (nSPS) is 11.5. The molecule has 0 bridgehead atoms. The number of para-hydroxylation sites is 2. The first kappa shape index (κ1) is 19.0. The molecular weight excluding hydrogens is 406 g/mol. The number of hydrogen-bond donors (Lipinski definition) is 1. The lowest BCUT2D eigenvalue weighted by atomic mass is 10.2. The zero-order valence-electron chi connectivity index (χ0n) is 15.1. The lowest BCUT2D eigenvalue weighted by Crippen LogP contribution is -2.30. The topological polar surface area (TPSA) is 47.6 Å². The summed E-state index contributed by atoms with van der Waals surface area (Å²) in [4.78, 5) is 12.5. The Morgan fingerprint density at radius 2 is 1.56 bits per heavy atom. The Labute approximate surface area is 167 Å². The maximum absolute atomic E-state index is 12.5. The average Bonchev–Trinajstić information content (AvgIpc) is 2.67. The van der Waals surface area contributed by atoms with Crippen LogP contribution in [0, 0.1) is 6.92 Å². The van der Waals surface area contributed by atoms with Crippen LogP contribution < -0.4 is 14.8 Å². The Hall–Kier alpha value is -2.79. The van der Waals surface area contributed by atoms with E-state index in [2.05, 4.69) is 21.2 Å². The summed E-state index contributed by atoms with van der Waals surface area (Å²) in [5.74, 6) is 1.66. The number of aryl methyl sites for hydroxylation is 1. The molecule has 0 aromatic heterocycles.